The fourth-order valence-corrected chi connectivity index (χ4v) is 9.61. The first-order valence-corrected chi connectivity index (χ1v) is 16.0. The minimum absolute atomic E-state index is 0.0781. The van der Waals surface area contributed by atoms with Gasteiger partial charge < -0.3 is 10.2 Å². The lowest BCUT2D eigenvalue weighted by Gasteiger charge is -2.57. The van der Waals surface area contributed by atoms with Gasteiger partial charge in [0.2, 0.25) is 5.91 Å². The monoisotopic (exact) mass is 537 g/mol. The van der Waals surface area contributed by atoms with Gasteiger partial charge in [-0.05, 0) is 106 Å². The number of nitrogens with one attached hydrogen (secondary N) is 1. The summed E-state index contributed by atoms with van der Waals surface area (Å²) < 4.78 is 0. The molecule has 6 aliphatic rings. The molecule has 2 heterocycles. The number of unbranched alkanes of at least 4 members (excludes halogenated alkanes) is 4. The highest BCUT2D eigenvalue weighted by Crippen LogP contribution is 2.55. The molecule has 1 unspecified atom stereocenters. The Morgan fingerprint density at radius 2 is 1.63 bits per heavy atom. The van der Waals surface area contributed by atoms with Crippen LogP contribution in [-0.2, 0) is 16.1 Å². The summed E-state index contributed by atoms with van der Waals surface area (Å²) in [5.74, 6) is 3.60. The molecule has 2 aliphatic heterocycles. The Labute approximate surface area is 231 Å². The molecular formula is C31H43N3O3S. The zero-order valence-corrected chi connectivity index (χ0v) is 23.7. The maximum atomic E-state index is 13.1. The lowest BCUT2D eigenvalue weighted by atomic mass is 9.53. The molecular weight excluding hydrogens is 494 g/mol. The zero-order valence-electron chi connectivity index (χ0n) is 22.9. The summed E-state index contributed by atoms with van der Waals surface area (Å²) in [7, 11) is 1.52. The maximum Gasteiger partial charge on any atom is 0.255 e. The summed E-state index contributed by atoms with van der Waals surface area (Å²) in [6, 6.07) is 5.40. The molecule has 1 atom stereocenters. The summed E-state index contributed by atoms with van der Waals surface area (Å²) in [5.41, 5.74) is 2.26. The smallest absolute Gasteiger partial charge is 0.255 e. The van der Waals surface area contributed by atoms with Gasteiger partial charge in [0.15, 0.2) is 0 Å². The molecule has 206 valence electrons. The quantitative estimate of drug-likeness (QED) is 0.233. The summed E-state index contributed by atoms with van der Waals surface area (Å²) in [5, 5.41) is 4.04. The van der Waals surface area contributed by atoms with Crippen LogP contribution in [0.4, 0.5) is 0 Å². The molecule has 1 aromatic rings. The van der Waals surface area contributed by atoms with Gasteiger partial charge in [0, 0.05) is 36.0 Å². The molecule has 1 saturated heterocycles. The number of fused-ring (bicyclic) bond motifs is 1. The van der Waals surface area contributed by atoms with Crippen molar-refractivity contribution in [2.24, 2.45) is 17.8 Å². The summed E-state index contributed by atoms with van der Waals surface area (Å²) >= 11 is 1.84. The second-order valence-electron chi connectivity index (χ2n) is 12.8. The Balaban J connectivity index is 0.905. The van der Waals surface area contributed by atoms with E-state index in [1.54, 1.807) is 4.90 Å². The topological polar surface area (TPSA) is 69.7 Å². The number of hydrogen-bond donors (Lipinski definition) is 1. The molecule has 38 heavy (non-hydrogen) atoms. The summed E-state index contributed by atoms with van der Waals surface area (Å²) in [6.45, 7) is 1.65. The van der Waals surface area contributed by atoms with Crippen LogP contribution in [0, 0.1) is 17.8 Å². The van der Waals surface area contributed by atoms with E-state index in [4.69, 9.17) is 0 Å². The van der Waals surface area contributed by atoms with Gasteiger partial charge >= 0.3 is 0 Å². The second-order valence-corrected chi connectivity index (χ2v) is 13.9. The third kappa shape index (κ3) is 5.17. The van der Waals surface area contributed by atoms with Gasteiger partial charge in [-0.3, -0.25) is 19.3 Å². The van der Waals surface area contributed by atoms with Crippen LogP contribution >= 0.6 is 11.8 Å². The van der Waals surface area contributed by atoms with Crippen LogP contribution in [0.1, 0.15) is 99.4 Å². The van der Waals surface area contributed by atoms with E-state index in [9.17, 15) is 14.4 Å². The van der Waals surface area contributed by atoms with Gasteiger partial charge in [-0.25, -0.2) is 0 Å². The molecule has 3 amide bonds. The number of piperidine rings is 1. The van der Waals surface area contributed by atoms with Gasteiger partial charge in [-0.1, -0.05) is 25.3 Å². The number of amides is 3. The average molecular weight is 538 g/mol. The molecule has 5 fully saturated rings. The number of hydrogen-bond acceptors (Lipinski definition) is 5. The number of likely N-dealkylation sites (N-methyl/N-ethyl adjacent to an activating group) is 1. The second kappa shape index (κ2) is 11.0. The molecule has 4 bridgehead atoms. The van der Waals surface area contributed by atoms with Crippen molar-refractivity contribution in [2.75, 3.05) is 19.3 Å². The lowest BCUT2D eigenvalue weighted by Crippen LogP contribution is -2.58. The van der Waals surface area contributed by atoms with Crippen molar-refractivity contribution < 1.29 is 14.4 Å². The normalized spacial score (nSPS) is 32.0. The first kappa shape index (κ1) is 26.4. The van der Waals surface area contributed by atoms with E-state index >= 15 is 0 Å². The van der Waals surface area contributed by atoms with Crippen molar-refractivity contribution in [3.63, 3.8) is 0 Å². The van der Waals surface area contributed by atoms with Gasteiger partial charge in [0.1, 0.15) is 6.04 Å². The predicted molar refractivity (Wildman–Crippen MR) is 150 cm³/mol. The number of nitrogens with zero attached hydrogens (tertiary/aromatic N) is 2. The molecule has 6 nitrogen and oxygen atoms in total. The van der Waals surface area contributed by atoms with E-state index in [0.717, 1.165) is 34.0 Å². The Morgan fingerprint density at radius 3 is 2.37 bits per heavy atom. The Kier molecular flexibility index (Phi) is 7.60. The zero-order chi connectivity index (χ0) is 26.3. The molecule has 0 aromatic heterocycles. The Morgan fingerprint density at radius 1 is 0.947 bits per heavy atom. The number of likely N-dealkylation sites (tertiary alicyclic amines) is 1. The van der Waals surface area contributed by atoms with Gasteiger partial charge in [0.05, 0.1) is 0 Å². The van der Waals surface area contributed by atoms with Crippen LogP contribution in [0.2, 0.25) is 0 Å². The molecule has 4 saturated carbocycles. The third-order valence-electron chi connectivity index (χ3n) is 10.1. The first-order valence-electron chi connectivity index (χ1n) is 15.0. The number of imide groups is 1. The van der Waals surface area contributed by atoms with E-state index in [2.05, 4.69) is 11.4 Å². The minimum Gasteiger partial charge on any atom is -0.322 e. The number of rotatable bonds is 11. The van der Waals surface area contributed by atoms with Gasteiger partial charge in [0.25, 0.3) is 11.8 Å². The Hall–Kier alpha value is -1.86. The van der Waals surface area contributed by atoms with Crippen molar-refractivity contribution in [1.29, 1.82) is 0 Å². The van der Waals surface area contributed by atoms with Crippen LogP contribution < -0.4 is 5.32 Å². The molecule has 0 spiro atoms. The van der Waals surface area contributed by atoms with Crippen molar-refractivity contribution in [3.05, 3.63) is 29.3 Å². The van der Waals surface area contributed by atoms with Crippen LogP contribution in [0.15, 0.2) is 23.1 Å². The van der Waals surface area contributed by atoms with E-state index in [1.165, 1.54) is 89.1 Å². The van der Waals surface area contributed by atoms with E-state index in [-0.39, 0.29) is 17.7 Å². The highest BCUT2D eigenvalue weighted by molar-refractivity contribution is 7.99. The minimum atomic E-state index is -0.534. The molecule has 1 N–H and O–H groups in total. The fourth-order valence-electron chi connectivity index (χ4n) is 8.52. The maximum absolute atomic E-state index is 13.1. The Bertz CT molecular complexity index is 1050. The largest absolute Gasteiger partial charge is 0.322 e. The first-order chi connectivity index (χ1) is 18.4. The molecule has 4 aliphatic carbocycles. The SMILES string of the molecule is CN1C(=O)CCC(N2Cc3c(SCCCCCCCNC45CC6CC(CC(C6)C4)C5)cccc3C2=O)C1=O. The predicted octanol–water partition coefficient (Wildman–Crippen LogP) is 5.39. The fraction of sp³-hybridized carbons (Fsp3) is 0.710. The molecule has 0 radical (unpaired) electrons. The highest BCUT2D eigenvalue weighted by Gasteiger charge is 2.50. The van der Waals surface area contributed by atoms with Crippen molar-refractivity contribution in [2.45, 2.75) is 106 Å². The van der Waals surface area contributed by atoms with Crippen molar-refractivity contribution in [1.82, 2.24) is 15.1 Å². The number of benzene rings is 1. The number of thioether (sulfide) groups is 1. The van der Waals surface area contributed by atoms with Crippen LogP contribution in [0.3, 0.4) is 0 Å². The summed E-state index contributed by atoms with van der Waals surface area (Å²) in [6.07, 6.45) is 15.9. The van der Waals surface area contributed by atoms with Gasteiger partial charge in [-0.2, -0.15) is 0 Å². The van der Waals surface area contributed by atoms with E-state index in [1.807, 2.05) is 23.9 Å². The van der Waals surface area contributed by atoms with Crippen LogP contribution in [-0.4, -0.2) is 58.4 Å². The average Bonchev–Trinajstić information content (AvgIpc) is 3.22. The highest BCUT2D eigenvalue weighted by atomic mass is 32.2. The lowest BCUT2D eigenvalue weighted by molar-refractivity contribution is -0.150. The van der Waals surface area contributed by atoms with E-state index < -0.39 is 6.04 Å². The van der Waals surface area contributed by atoms with Gasteiger partial charge in [-0.15, -0.1) is 11.8 Å². The number of carbonyl (C=O) groups excluding carboxylic acids is 3. The van der Waals surface area contributed by atoms with Crippen LogP contribution in [0.25, 0.3) is 0 Å². The van der Waals surface area contributed by atoms with E-state index in [0.29, 0.717) is 30.5 Å². The standard InChI is InChI=1S/C31H43N3O3S/c1-33-28(35)11-10-26(30(33)37)34-20-25-24(29(34)36)8-7-9-27(25)38-13-6-4-2-3-5-12-32-31-17-21-14-22(18-31)16-23(15-21)19-31/h7-9,21-23,26,32H,2-6,10-20H2,1H3. The molecule has 7 heteroatoms. The van der Waals surface area contributed by atoms with Crippen molar-refractivity contribution >= 4 is 29.5 Å². The summed E-state index contributed by atoms with van der Waals surface area (Å²) in [4.78, 5) is 41.7. The van der Waals surface area contributed by atoms with Crippen LogP contribution in [0.5, 0.6) is 0 Å². The van der Waals surface area contributed by atoms with Crippen molar-refractivity contribution in [3.8, 4) is 0 Å². The third-order valence-corrected chi connectivity index (χ3v) is 11.3. The number of carbonyl (C=O) groups is 3. The molecule has 1 aromatic carbocycles. The molecule has 7 rings (SSSR count).